The highest BCUT2D eigenvalue weighted by molar-refractivity contribution is 5.77. The minimum atomic E-state index is 0.0524. The van der Waals surface area contributed by atoms with Crippen LogP contribution in [0.25, 0.3) is 0 Å². The molecule has 1 aliphatic heterocycles. The average Bonchev–Trinajstić information content (AvgIpc) is 2.47. The lowest BCUT2D eigenvalue weighted by Crippen LogP contribution is -2.42. The van der Waals surface area contributed by atoms with E-state index in [1.165, 1.54) is 32.1 Å². The average molecular weight is 268 g/mol. The Labute approximate surface area is 116 Å². The van der Waals surface area contributed by atoms with Crippen LogP contribution in [-0.4, -0.2) is 37.7 Å². The molecule has 0 aromatic rings. The first-order valence-corrected chi connectivity index (χ1v) is 7.87. The highest BCUT2D eigenvalue weighted by Gasteiger charge is 2.22. The van der Waals surface area contributed by atoms with Gasteiger partial charge in [-0.3, -0.25) is 4.79 Å². The van der Waals surface area contributed by atoms with Gasteiger partial charge in [0.15, 0.2) is 0 Å². The van der Waals surface area contributed by atoms with E-state index in [1.54, 1.807) is 0 Å². The Morgan fingerprint density at radius 2 is 1.89 bits per heavy atom. The van der Waals surface area contributed by atoms with E-state index in [0.717, 1.165) is 25.9 Å². The molecule has 0 aromatic heterocycles. The largest absolute Gasteiger partial charge is 0.368 e. The van der Waals surface area contributed by atoms with E-state index < -0.39 is 0 Å². The number of ether oxygens (including phenoxy) is 1. The molecule has 2 fully saturated rings. The van der Waals surface area contributed by atoms with Gasteiger partial charge in [-0.25, -0.2) is 0 Å². The number of nitrogens with one attached hydrogen (secondary N) is 2. The van der Waals surface area contributed by atoms with Gasteiger partial charge in [-0.15, -0.1) is 0 Å². The van der Waals surface area contributed by atoms with Gasteiger partial charge in [0.1, 0.15) is 6.61 Å². The van der Waals surface area contributed by atoms with Crippen molar-refractivity contribution in [2.24, 2.45) is 5.92 Å². The van der Waals surface area contributed by atoms with Gasteiger partial charge in [0.05, 0.1) is 6.10 Å². The molecule has 0 spiro atoms. The third-order valence-corrected chi connectivity index (χ3v) is 4.48. The van der Waals surface area contributed by atoms with E-state index in [-0.39, 0.29) is 18.6 Å². The molecule has 1 saturated carbocycles. The zero-order valence-corrected chi connectivity index (χ0v) is 12.1. The van der Waals surface area contributed by atoms with Crippen LogP contribution in [0.5, 0.6) is 0 Å². The molecule has 0 aromatic carbocycles. The van der Waals surface area contributed by atoms with Crippen molar-refractivity contribution < 1.29 is 9.53 Å². The second-order valence-corrected chi connectivity index (χ2v) is 6.01. The summed E-state index contributed by atoms with van der Waals surface area (Å²) in [6, 6.07) is 0.296. The van der Waals surface area contributed by atoms with Crippen molar-refractivity contribution in [3.63, 3.8) is 0 Å². The highest BCUT2D eigenvalue weighted by atomic mass is 16.5. The van der Waals surface area contributed by atoms with Crippen LogP contribution >= 0.6 is 0 Å². The van der Waals surface area contributed by atoms with Gasteiger partial charge in [-0.05, 0) is 51.6 Å². The van der Waals surface area contributed by atoms with E-state index in [9.17, 15) is 4.79 Å². The normalized spacial score (nSPS) is 24.1. The molecule has 2 aliphatic rings. The summed E-state index contributed by atoms with van der Waals surface area (Å²) in [7, 11) is 0. The van der Waals surface area contributed by atoms with Gasteiger partial charge >= 0.3 is 0 Å². The molecule has 1 amide bonds. The molecule has 2 N–H and O–H groups in total. The lowest BCUT2D eigenvalue weighted by molar-refractivity contribution is -0.129. The Balaban J connectivity index is 1.62. The van der Waals surface area contributed by atoms with E-state index in [1.807, 2.05) is 0 Å². The zero-order valence-electron chi connectivity index (χ0n) is 12.1. The first-order chi connectivity index (χ1) is 9.25. The summed E-state index contributed by atoms with van der Waals surface area (Å²) in [6.45, 7) is 4.37. The number of amides is 1. The fourth-order valence-corrected chi connectivity index (χ4v) is 3.20. The van der Waals surface area contributed by atoms with Gasteiger partial charge < -0.3 is 15.4 Å². The first kappa shape index (κ1) is 14.8. The molecule has 1 heterocycles. The van der Waals surface area contributed by atoms with Crippen molar-refractivity contribution in [2.75, 3.05) is 19.7 Å². The SMILES string of the molecule is C[C@H](NC(=O)COC1CCNCC1)C1CCCCC1. The molecule has 0 radical (unpaired) electrons. The topological polar surface area (TPSA) is 50.4 Å². The summed E-state index contributed by atoms with van der Waals surface area (Å²) in [6.07, 6.45) is 8.81. The molecule has 1 saturated heterocycles. The Morgan fingerprint density at radius 1 is 1.21 bits per heavy atom. The first-order valence-electron chi connectivity index (χ1n) is 7.87. The number of carbonyl (C=O) groups is 1. The number of piperidine rings is 1. The standard InChI is InChI=1S/C15H28N2O2/c1-12(13-5-3-2-4-6-13)17-15(18)11-19-14-7-9-16-10-8-14/h12-14,16H,2-11H2,1H3,(H,17,18)/t12-/m0/s1. The van der Waals surface area contributed by atoms with Crippen LogP contribution in [0.2, 0.25) is 0 Å². The molecule has 4 heteroatoms. The Bertz CT molecular complexity index is 271. The number of hydrogen-bond donors (Lipinski definition) is 2. The predicted molar refractivity (Wildman–Crippen MR) is 76.0 cm³/mol. The summed E-state index contributed by atoms with van der Waals surface area (Å²) in [5, 5.41) is 6.41. The maximum atomic E-state index is 11.9. The summed E-state index contributed by atoms with van der Waals surface area (Å²) in [5.74, 6) is 0.716. The van der Waals surface area contributed by atoms with Crippen LogP contribution in [-0.2, 0) is 9.53 Å². The van der Waals surface area contributed by atoms with Crippen molar-refractivity contribution in [3.05, 3.63) is 0 Å². The number of hydrogen-bond acceptors (Lipinski definition) is 3. The molecular formula is C15H28N2O2. The number of rotatable bonds is 5. The van der Waals surface area contributed by atoms with Crippen molar-refractivity contribution in [2.45, 2.75) is 64.0 Å². The monoisotopic (exact) mass is 268 g/mol. The van der Waals surface area contributed by atoms with E-state index in [4.69, 9.17) is 4.74 Å². The number of carbonyl (C=O) groups excluding carboxylic acids is 1. The molecule has 0 bridgehead atoms. The van der Waals surface area contributed by atoms with Crippen molar-refractivity contribution >= 4 is 5.91 Å². The van der Waals surface area contributed by atoms with Gasteiger partial charge in [-0.1, -0.05) is 19.3 Å². The third-order valence-electron chi connectivity index (χ3n) is 4.48. The molecule has 110 valence electrons. The fourth-order valence-electron chi connectivity index (χ4n) is 3.20. The van der Waals surface area contributed by atoms with E-state index in [0.29, 0.717) is 12.0 Å². The fraction of sp³-hybridized carbons (Fsp3) is 0.933. The third kappa shape index (κ3) is 5.11. The van der Waals surface area contributed by atoms with Crippen molar-refractivity contribution in [1.29, 1.82) is 0 Å². The molecule has 2 rings (SSSR count). The van der Waals surface area contributed by atoms with Crippen LogP contribution in [0.4, 0.5) is 0 Å². The maximum absolute atomic E-state index is 11.9. The molecule has 4 nitrogen and oxygen atoms in total. The summed E-state index contributed by atoms with van der Waals surface area (Å²) in [5.41, 5.74) is 0. The van der Waals surface area contributed by atoms with Crippen molar-refractivity contribution in [3.8, 4) is 0 Å². The van der Waals surface area contributed by atoms with Gasteiger partial charge in [-0.2, -0.15) is 0 Å². The quantitative estimate of drug-likeness (QED) is 0.800. The van der Waals surface area contributed by atoms with Crippen LogP contribution < -0.4 is 10.6 Å². The van der Waals surface area contributed by atoms with Crippen LogP contribution in [0.1, 0.15) is 51.9 Å². The van der Waals surface area contributed by atoms with Crippen molar-refractivity contribution in [1.82, 2.24) is 10.6 Å². The summed E-state index contributed by atoms with van der Waals surface area (Å²) >= 11 is 0. The molecule has 0 unspecified atom stereocenters. The Hall–Kier alpha value is -0.610. The highest BCUT2D eigenvalue weighted by Crippen LogP contribution is 2.26. The van der Waals surface area contributed by atoms with Crippen LogP contribution in [0.3, 0.4) is 0 Å². The van der Waals surface area contributed by atoms with E-state index in [2.05, 4.69) is 17.6 Å². The maximum Gasteiger partial charge on any atom is 0.246 e. The minimum absolute atomic E-state index is 0.0524. The lowest BCUT2D eigenvalue weighted by Gasteiger charge is -2.28. The summed E-state index contributed by atoms with van der Waals surface area (Å²) in [4.78, 5) is 11.9. The van der Waals surface area contributed by atoms with Crippen LogP contribution in [0.15, 0.2) is 0 Å². The predicted octanol–water partition coefficient (Wildman–Crippen LogP) is 1.84. The minimum Gasteiger partial charge on any atom is -0.368 e. The molecular weight excluding hydrogens is 240 g/mol. The Kier molecular flexibility index (Phi) is 6.11. The summed E-state index contributed by atoms with van der Waals surface area (Å²) < 4.78 is 5.68. The van der Waals surface area contributed by atoms with Gasteiger partial charge in [0.25, 0.3) is 0 Å². The lowest BCUT2D eigenvalue weighted by atomic mass is 9.84. The second kappa shape index (κ2) is 7.85. The second-order valence-electron chi connectivity index (χ2n) is 6.01. The molecule has 19 heavy (non-hydrogen) atoms. The zero-order chi connectivity index (χ0) is 13.5. The molecule has 1 atom stereocenters. The van der Waals surface area contributed by atoms with Gasteiger partial charge in [0.2, 0.25) is 5.91 Å². The smallest absolute Gasteiger partial charge is 0.246 e. The van der Waals surface area contributed by atoms with Crippen LogP contribution in [0, 0.1) is 5.92 Å². The van der Waals surface area contributed by atoms with Gasteiger partial charge in [0, 0.05) is 6.04 Å². The molecule has 1 aliphatic carbocycles. The van der Waals surface area contributed by atoms with E-state index >= 15 is 0 Å². The Morgan fingerprint density at radius 3 is 2.58 bits per heavy atom.